The second-order valence-electron chi connectivity index (χ2n) is 8.04. The van der Waals surface area contributed by atoms with E-state index in [1.807, 2.05) is 38.1 Å². The zero-order valence-electron chi connectivity index (χ0n) is 19.0. The van der Waals surface area contributed by atoms with E-state index in [9.17, 15) is 13.2 Å². The highest BCUT2D eigenvalue weighted by molar-refractivity contribution is 7.92. The highest BCUT2D eigenvalue weighted by atomic mass is 35.5. The average Bonchev–Trinajstić information content (AvgIpc) is 2.83. The smallest absolute Gasteiger partial charge is 0.264 e. The number of benzene rings is 3. The summed E-state index contributed by atoms with van der Waals surface area (Å²) in [6, 6.07) is 18.2. The molecule has 34 heavy (non-hydrogen) atoms. The van der Waals surface area contributed by atoms with Crippen LogP contribution in [0.1, 0.15) is 24.1 Å². The van der Waals surface area contributed by atoms with Gasteiger partial charge in [0.15, 0.2) is 6.10 Å². The van der Waals surface area contributed by atoms with E-state index in [2.05, 4.69) is 5.32 Å². The third-order valence-corrected chi connectivity index (χ3v) is 7.69. The van der Waals surface area contributed by atoms with Crippen LogP contribution in [0.3, 0.4) is 0 Å². The van der Waals surface area contributed by atoms with E-state index < -0.39 is 22.0 Å². The largest absolute Gasteiger partial charge is 0.496 e. The molecule has 2 atom stereocenters. The van der Waals surface area contributed by atoms with Gasteiger partial charge in [0.2, 0.25) is 0 Å². The van der Waals surface area contributed by atoms with E-state index in [1.54, 1.807) is 43.5 Å². The lowest BCUT2D eigenvalue weighted by molar-refractivity contribution is -0.128. The lowest BCUT2D eigenvalue weighted by Crippen LogP contribution is -2.51. The number of nitrogens with zero attached hydrogens (tertiary/aromatic N) is 1. The first-order chi connectivity index (χ1) is 16.2. The minimum absolute atomic E-state index is 0.118. The van der Waals surface area contributed by atoms with E-state index in [0.717, 1.165) is 11.1 Å². The number of methoxy groups -OCH3 is 1. The fourth-order valence-corrected chi connectivity index (χ4v) is 5.47. The molecule has 2 unspecified atom stereocenters. The molecule has 1 N–H and O–H groups in total. The summed E-state index contributed by atoms with van der Waals surface area (Å²) >= 11 is 6.15. The van der Waals surface area contributed by atoms with Gasteiger partial charge in [-0.15, -0.1) is 0 Å². The molecule has 0 radical (unpaired) electrons. The van der Waals surface area contributed by atoms with Gasteiger partial charge >= 0.3 is 0 Å². The number of halogens is 1. The Labute approximate surface area is 204 Å². The lowest BCUT2D eigenvalue weighted by Gasteiger charge is -2.35. The Hall–Kier alpha value is -3.23. The number of hydrogen-bond donors (Lipinski definition) is 1. The van der Waals surface area contributed by atoms with Crippen LogP contribution in [0, 0.1) is 6.92 Å². The number of amides is 1. The molecule has 1 amide bonds. The molecule has 0 saturated carbocycles. The number of ether oxygens (including phenoxy) is 2. The topological polar surface area (TPSA) is 84.9 Å². The SMILES string of the molecule is COc1ccccc1C(C)NC(=O)C1CN(S(=O)(=O)c2ccc(C)cc2)c2cc(Cl)ccc2O1. The fraction of sp³-hybridized carbons (Fsp3) is 0.240. The molecule has 4 rings (SSSR count). The molecule has 3 aromatic carbocycles. The minimum Gasteiger partial charge on any atom is -0.496 e. The average molecular weight is 501 g/mol. The molecule has 1 heterocycles. The Morgan fingerprint density at radius 1 is 1.15 bits per heavy atom. The Morgan fingerprint density at radius 2 is 1.85 bits per heavy atom. The fourth-order valence-electron chi connectivity index (χ4n) is 3.83. The van der Waals surface area contributed by atoms with Crippen molar-refractivity contribution >= 4 is 33.2 Å². The first-order valence-corrected chi connectivity index (χ1v) is 12.5. The second-order valence-corrected chi connectivity index (χ2v) is 10.3. The summed E-state index contributed by atoms with van der Waals surface area (Å²) < 4.78 is 39.6. The molecule has 0 spiro atoms. The third kappa shape index (κ3) is 4.69. The van der Waals surface area contributed by atoms with Crippen LogP contribution in [0.5, 0.6) is 11.5 Å². The number of nitrogens with one attached hydrogen (secondary N) is 1. The number of aryl methyl sites for hydroxylation is 1. The van der Waals surface area contributed by atoms with Crippen molar-refractivity contribution < 1.29 is 22.7 Å². The molecule has 1 aliphatic rings. The van der Waals surface area contributed by atoms with Gasteiger partial charge in [0, 0.05) is 10.6 Å². The van der Waals surface area contributed by atoms with E-state index >= 15 is 0 Å². The third-order valence-electron chi connectivity index (χ3n) is 5.66. The molecule has 7 nitrogen and oxygen atoms in total. The zero-order valence-corrected chi connectivity index (χ0v) is 20.6. The summed E-state index contributed by atoms with van der Waals surface area (Å²) in [5, 5.41) is 3.27. The highest BCUT2D eigenvalue weighted by Gasteiger charge is 2.38. The van der Waals surface area contributed by atoms with Crippen LogP contribution >= 0.6 is 11.6 Å². The Bertz CT molecular complexity index is 1310. The predicted molar refractivity (Wildman–Crippen MR) is 131 cm³/mol. The van der Waals surface area contributed by atoms with Crippen molar-refractivity contribution in [1.82, 2.24) is 5.32 Å². The van der Waals surface area contributed by atoms with Crippen molar-refractivity contribution in [2.45, 2.75) is 30.9 Å². The van der Waals surface area contributed by atoms with E-state index in [-0.39, 0.29) is 28.9 Å². The number of anilines is 1. The van der Waals surface area contributed by atoms with Crippen LogP contribution in [0.2, 0.25) is 5.02 Å². The van der Waals surface area contributed by atoms with Crippen molar-refractivity contribution in [3.63, 3.8) is 0 Å². The van der Waals surface area contributed by atoms with Gasteiger partial charge in [-0.1, -0.05) is 47.5 Å². The van der Waals surface area contributed by atoms with Crippen LogP contribution in [0.15, 0.2) is 71.6 Å². The number of sulfonamides is 1. The van der Waals surface area contributed by atoms with Gasteiger partial charge in [0.1, 0.15) is 11.5 Å². The number of para-hydroxylation sites is 1. The molecule has 3 aromatic rings. The van der Waals surface area contributed by atoms with Gasteiger partial charge in [0.05, 0.1) is 30.3 Å². The van der Waals surface area contributed by atoms with E-state index in [4.69, 9.17) is 21.1 Å². The Balaban J connectivity index is 1.65. The maximum atomic E-state index is 13.5. The van der Waals surface area contributed by atoms with Crippen LogP contribution in [-0.4, -0.2) is 34.1 Å². The highest BCUT2D eigenvalue weighted by Crippen LogP contribution is 2.39. The summed E-state index contributed by atoms with van der Waals surface area (Å²) in [4.78, 5) is 13.3. The predicted octanol–water partition coefficient (Wildman–Crippen LogP) is 4.49. The molecule has 0 aromatic heterocycles. The maximum Gasteiger partial charge on any atom is 0.264 e. The number of hydrogen-bond acceptors (Lipinski definition) is 5. The Morgan fingerprint density at radius 3 is 2.56 bits per heavy atom. The molecular formula is C25H25ClN2O5S. The molecule has 0 saturated heterocycles. The van der Waals surface area contributed by atoms with Gasteiger partial charge in [0.25, 0.3) is 15.9 Å². The standard InChI is InChI=1S/C25H25ClN2O5S/c1-16-8-11-19(12-9-16)34(30,31)28-15-24(33-23-13-10-18(26)14-21(23)28)25(29)27-17(2)20-6-4-5-7-22(20)32-3/h4-14,17,24H,15H2,1-3H3,(H,27,29). The second kappa shape index (κ2) is 9.56. The molecule has 0 bridgehead atoms. The van der Waals surface area contributed by atoms with Crippen molar-refractivity contribution in [2.75, 3.05) is 18.0 Å². The Kier molecular flexibility index (Phi) is 6.72. The van der Waals surface area contributed by atoms with Gasteiger partial charge in [-0.05, 0) is 50.2 Å². The van der Waals surface area contributed by atoms with Crippen molar-refractivity contribution in [1.29, 1.82) is 0 Å². The number of fused-ring (bicyclic) bond motifs is 1. The first kappa shape index (κ1) is 23.9. The summed E-state index contributed by atoms with van der Waals surface area (Å²) in [5.74, 6) is 0.461. The van der Waals surface area contributed by atoms with Gasteiger partial charge < -0.3 is 14.8 Å². The van der Waals surface area contributed by atoms with Crippen molar-refractivity contribution in [3.8, 4) is 11.5 Å². The molecule has 0 aliphatic carbocycles. The summed E-state index contributed by atoms with van der Waals surface area (Å²) in [6.45, 7) is 3.50. The summed E-state index contributed by atoms with van der Waals surface area (Å²) in [5.41, 5.74) is 2.02. The molecule has 0 fully saturated rings. The maximum absolute atomic E-state index is 13.5. The zero-order chi connectivity index (χ0) is 24.5. The first-order valence-electron chi connectivity index (χ1n) is 10.7. The lowest BCUT2D eigenvalue weighted by atomic mass is 10.1. The van der Waals surface area contributed by atoms with Crippen LogP contribution in [-0.2, 0) is 14.8 Å². The normalized spacial score (nSPS) is 16.2. The van der Waals surface area contributed by atoms with Crippen LogP contribution in [0.25, 0.3) is 0 Å². The minimum atomic E-state index is -3.97. The molecule has 178 valence electrons. The molecular weight excluding hydrogens is 476 g/mol. The number of rotatable bonds is 6. The summed E-state index contributed by atoms with van der Waals surface area (Å²) in [7, 11) is -2.41. The van der Waals surface area contributed by atoms with E-state index in [1.165, 1.54) is 10.4 Å². The van der Waals surface area contributed by atoms with Crippen LogP contribution in [0.4, 0.5) is 5.69 Å². The number of carbonyl (C=O) groups excluding carboxylic acids is 1. The van der Waals surface area contributed by atoms with Crippen LogP contribution < -0.4 is 19.1 Å². The van der Waals surface area contributed by atoms with E-state index in [0.29, 0.717) is 10.8 Å². The van der Waals surface area contributed by atoms with Gasteiger partial charge in [-0.3, -0.25) is 9.10 Å². The summed E-state index contributed by atoms with van der Waals surface area (Å²) in [6.07, 6.45) is -1.06. The van der Waals surface area contributed by atoms with Crippen molar-refractivity contribution in [2.24, 2.45) is 0 Å². The van der Waals surface area contributed by atoms with Crippen molar-refractivity contribution in [3.05, 3.63) is 82.9 Å². The van der Waals surface area contributed by atoms with Gasteiger partial charge in [-0.25, -0.2) is 8.42 Å². The quantitative estimate of drug-likeness (QED) is 0.539. The van der Waals surface area contributed by atoms with Gasteiger partial charge in [-0.2, -0.15) is 0 Å². The molecule has 1 aliphatic heterocycles. The number of carbonyl (C=O) groups is 1. The monoisotopic (exact) mass is 500 g/mol. The molecule has 9 heteroatoms.